The zero-order valence-electron chi connectivity index (χ0n) is 15.7. The van der Waals surface area contributed by atoms with Gasteiger partial charge in [-0.2, -0.15) is 5.26 Å². The van der Waals surface area contributed by atoms with Crippen LogP contribution < -0.4 is 16.6 Å². The van der Waals surface area contributed by atoms with E-state index in [0.717, 1.165) is 10.1 Å². The average molecular weight is 366 g/mol. The summed E-state index contributed by atoms with van der Waals surface area (Å²) >= 11 is 0. The second-order valence-corrected chi connectivity index (χ2v) is 7.74. The van der Waals surface area contributed by atoms with E-state index in [4.69, 9.17) is 0 Å². The number of nitrogens with one attached hydrogen (secondary N) is 1. The molecule has 1 N–H and O–H groups in total. The minimum Gasteiger partial charge on any atom is -0.325 e. The first-order chi connectivity index (χ1) is 12.7. The number of carbonyl (C=O) groups excluding carboxylic acids is 1. The molecule has 1 amide bonds. The summed E-state index contributed by atoms with van der Waals surface area (Å²) in [5, 5.41) is 12.0. The van der Waals surface area contributed by atoms with Gasteiger partial charge in [-0.05, 0) is 36.0 Å². The van der Waals surface area contributed by atoms with E-state index in [2.05, 4.69) is 26.1 Å². The maximum atomic E-state index is 12.5. The molecule has 1 aromatic heterocycles. The minimum atomic E-state index is -0.700. The Morgan fingerprint density at radius 3 is 2.48 bits per heavy atom. The molecule has 0 fully saturated rings. The summed E-state index contributed by atoms with van der Waals surface area (Å²) in [5.74, 6) is -0.486. The van der Waals surface area contributed by atoms with Gasteiger partial charge in [-0.3, -0.25) is 14.2 Å². The molecular formula is C20H22N4O3. The van der Waals surface area contributed by atoms with Crippen molar-refractivity contribution >= 4 is 11.6 Å². The van der Waals surface area contributed by atoms with Gasteiger partial charge >= 0.3 is 5.69 Å². The van der Waals surface area contributed by atoms with Crippen molar-refractivity contribution in [1.82, 2.24) is 9.13 Å². The summed E-state index contributed by atoms with van der Waals surface area (Å²) in [5.41, 5.74) is 0.910. The molecular weight excluding hydrogens is 344 g/mol. The largest absolute Gasteiger partial charge is 0.331 e. The summed E-state index contributed by atoms with van der Waals surface area (Å²) in [7, 11) is 0. The van der Waals surface area contributed by atoms with Crippen molar-refractivity contribution in [2.24, 2.45) is 0 Å². The predicted molar refractivity (Wildman–Crippen MR) is 102 cm³/mol. The zero-order valence-corrected chi connectivity index (χ0v) is 15.7. The molecule has 1 aliphatic rings. The number of amides is 1. The summed E-state index contributed by atoms with van der Waals surface area (Å²) < 4.78 is 2.26. The Balaban J connectivity index is 1.84. The molecule has 1 aliphatic heterocycles. The fourth-order valence-electron chi connectivity index (χ4n) is 3.29. The van der Waals surface area contributed by atoms with Gasteiger partial charge < -0.3 is 5.32 Å². The van der Waals surface area contributed by atoms with Crippen LogP contribution in [0.3, 0.4) is 0 Å². The lowest BCUT2D eigenvalue weighted by atomic mass is 9.87. The molecule has 2 heterocycles. The molecule has 0 bridgehead atoms. The lowest BCUT2D eigenvalue weighted by Crippen LogP contribution is -2.44. The van der Waals surface area contributed by atoms with E-state index in [9.17, 15) is 19.6 Å². The molecule has 0 aliphatic carbocycles. The van der Waals surface area contributed by atoms with Crippen molar-refractivity contribution in [3.63, 3.8) is 0 Å². The Bertz CT molecular complexity index is 1050. The highest BCUT2D eigenvalue weighted by Gasteiger charge is 2.23. The highest BCUT2D eigenvalue weighted by atomic mass is 16.2. The van der Waals surface area contributed by atoms with Crippen LogP contribution in [0.15, 0.2) is 33.9 Å². The van der Waals surface area contributed by atoms with Gasteiger partial charge in [-0.25, -0.2) is 9.36 Å². The molecule has 2 aromatic rings. The van der Waals surface area contributed by atoms with E-state index < -0.39 is 23.7 Å². The van der Waals surface area contributed by atoms with E-state index in [1.807, 2.05) is 18.2 Å². The zero-order chi connectivity index (χ0) is 19.8. The molecule has 0 spiro atoms. The monoisotopic (exact) mass is 366 g/mol. The molecule has 7 nitrogen and oxygen atoms in total. The van der Waals surface area contributed by atoms with Gasteiger partial charge in [0.1, 0.15) is 18.2 Å². The lowest BCUT2D eigenvalue weighted by Gasteiger charge is -2.19. The topological polar surface area (TPSA) is 96.9 Å². The number of nitriles is 1. The van der Waals surface area contributed by atoms with Gasteiger partial charge in [0.25, 0.3) is 5.56 Å². The minimum absolute atomic E-state index is 0.00262. The van der Waals surface area contributed by atoms with Crippen LogP contribution in [-0.2, 0) is 29.7 Å². The first kappa shape index (κ1) is 18.6. The number of benzene rings is 1. The third kappa shape index (κ3) is 3.56. The van der Waals surface area contributed by atoms with E-state index in [1.54, 1.807) is 12.1 Å². The number of carbonyl (C=O) groups is 1. The molecule has 0 saturated heterocycles. The van der Waals surface area contributed by atoms with Crippen LogP contribution in [0, 0.1) is 11.3 Å². The maximum Gasteiger partial charge on any atom is 0.331 e. The highest BCUT2D eigenvalue weighted by molar-refractivity contribution is 5.90. The summed E-state index contributed by atoms with van der Waals surface area (Å²) in [4.78, 5) is 37.4. The van der Waals surface area contributed by atoms with Crippen LogP contribution in [0.2, 0.25) is 0 Å². The van der Waals surface area contributed by atoms with Gasteiger partial charge in [0.15, 0.2) is 0 Å². The van der Waals surface area contributed by atoms with Crippen molar-refractivity contribution in [1.29, 1.82) is 5.26 Å². The van der Waals surface area contributed by atoms with E-state index in [-0.39, 0.29) is 11.0 Å². The number of hydrogen-bond donors (Lipinski definition) is 1. The van der Waals surface area contributed by atoms with Crippen molar-refractivity contribution in [2.75, 3.05) is 5.32 Å². The van der Waals surface area contributed by atoms with Gasteiger partial charge in [0.2, 0.25) is 5.91 Å². The van der Waals surface area contributed by atoms with Crippen LogP contribution in [0.1, 0.15) is 44.0 Å². The molecule has 140 valence electrons. The quantitative estimate of drug-likeness (QED) is 0.895. The Labute approximate surface area is 156 Å². The Kier molecular flexibility index (Phi) is 4.75. The van der Waals surface area contributed by atoms with Crippen LogP contribution in [0.5, 0.6) is 0 Å². The summed E-state index contributed by atoms with van der Waals surface area (Å²) in [6.07, 6.45) is 1.24. The molecule has 27 heavy (non-hydrogen) atoms. The van der Waals surface area contributed by atoms with Crippen molar-refractivity contribution in [3.8, 4) is 6.07 Å². The smallest absolute Gasteiger partial charge is 0.325 e. The molecule has 0 radical (unpaired) electrons. The van der Waals surface area contributed by atoms with Gasteiger partial charge in [-0.15, -0.1) is 0 Å². The number of aromatic nitrogens is 2. The Morgan fingerprint density at radius 2 is 1.89 bits per heavy atom. The van der Waals surface area contributed by atoms with Crippen LogP contribution in [0.4, 0.5) is 5.69 Å². The molecule has 3 rings (SSSR count). The molecule has 7 heteroatoms. The SMILES string of the molecule is CC(C)(C)c1ccc(NC(=O)Cn2c(=O)c(C#N)c3n(c2=O)CCC3)cc1. The molecule has 0 unspecified atom stereocenters. The van der Waals surface area contributed by atoms with Crippen molar-refractivity contribution in [3.05, 3.63) is 61.9 Å². The number of fused-ring (bicyclic) bond motifs is 1. The molecule has 0 atom stereocenters. The average Bonchev–Trinajstić information content (AvgIpc) is 3.08. The van der Waals surface area contributed by atoms with Gasteiger partial charge in [0.05, 0.1) is 0 Å². The fraction of sp³-hybridized carbons (Fsp3) is 0.400. The van der Waals surface area contributed by atoms with E-state index in [1.165, 1.54) is 4.57 Å². The van der Waals surface area contributed by atoms with Crippen LogP contribution in [-0.4, -0.2) is 15.0 Å². The number of rotatable bonds is 3. The van der Waals surface area contributed by atoms with Gasteiger partial charge in [0, 0.05) is 17.9 Å². The number of nitrogens with zero attached hydrogens (tertiary/aromatic N) is 3. The van der Waals surface area contributed by atoms with E-state index in [0.29, 0.717) is 30.8 Å². The third-order valence-electron chi connectivity index (χ3n) is 4.78. The van der Waals surface area contributed by atoms with Crippen LogP contribution in [0.25, 0.3) is 0 Å². The Morgan fingerprint density at radius 1 is 1.22 bits per heavy atom. The second kappa shape index (κ2) is 6.88. The van der Waals surface area contributed by atoms with E-state index >= 15 is 0 Å². The second-order valence-electron chi connectivity index (χ2n) is 7.74. The normalized spacial score (nSPS) is 13.1. The molecule has 0 saturated carbocycles. The lowest BCUT2D eigenvalue weighted by molar-refractivity contribution is -0.116. The van der Waals surface area contributed by atoms with Crippen molar-refractivity contribution in [2.45, 2.75) is 52.1 Å². The first-order valence-corrected chi connectivity index (χ1v) is 8.89. The van der Waals surface area contributed by atoms with Crippen LogP contribution >= 0.6 is 0 Å². The standard InChI is InChI=1S/C20H22N4O3/c1-20(2,3)13-6-8-14(9-7-13)22-17(25)12-24-18(26)15(11-21)16-5-4-10-23(16)19(24)27/h6-9H,4-5,10,12H2,1-3H3,(H,22,25). The highest BCUT2D eigenvalue weighted by Crippen LogP contribution is 2.23. The fourth-order valence-corrected chi connectivity index (χ4v) is 3.29. The van der Waals surface area contributed by atoms with Gasteiger partial charge in [-0.1, -0.05) is 32.9 Å². The number of hydrogen-bond acceptors (Lipinski definition) is 4. The summed E-state index contributed by atoms with van der Waals surface area (Å²) in [6.45, 7) is 6.33. The molecule has 1 aromatic carbocycles. The Hall–Kier alpha value is -3.14. The predicted octanol–water partition coefficient (Wildman–Crippen LogP) is 1.76. The summed E-state index contributed by atoms with van der Waals surface area (Å²) in [6, 6.07) is 9.32. The maximum absolute atomic E-state index is 12.5. The number of anilines is 1. The first-order valence-electron chi connectivity index (χ1n) is 8.89. The third-order valence-corrected chi connectivity index (χ3v) is 4.78. The van der Waals surface area contributed by atoms with Crippen molar-refractivity contribution < 1.29 is 4.79 Å².